The summed E-state index contributed by atoms with van der Waals surface area (Å²) in [5.41, 5.74) is 4.38. The van der Waals surface area contributed by atoms with Crippen LogP contribution in [-0.4, -0.2) is 47.2 Å². The van der Waals surface area contributed by atoms with Crippen LogP contribution in [0.25, 0.3) is 17.3 Å². The minimum absolute atomic E-state index is 0.0510. The Bertz CT molecular complexity index is 1060. The maximum atomic E-state index is 12.6. The van der Waals surface area contributed by atoms with Gasteiger partial charge in [-0.3, -0.25) is 4.79 Å². The van der Waals surface area contributed by atoms with Crippen molar-refractivity contribution in [2.45, 2.75) is 26.2 Å². The van der Waals surface area contributed by atoms with E-state index in [2.05, 4.69) is 60.1 Å². The molecule has 5 nitrogen and oxygen atoms in total. The Morgan fingerprint density at radius 3 is 2.12 bits per heavy atom. The molecule has 4 rings (SSSR count). The SMILES string of the molecule is CC(C)(C)c1ccc(/C=C/C(=O)N2CCN(c3ccc(-c4ccccc4)nn3)CC2)cc1. The van der Waals surface area contributed by atoms with Gasteiger partial charge >= 0.3 is 0 Å². The topological polar surface area (TPSA) is 49.3 Å². The van der Waals surface area contributed by atoms with Crippen molar-refractivity contribution in [1.29, 1.82) is 0 Å². The predicted molar refractivity (Wildman–Crippen MR) is 130 cm³/mol. The zero-order valence-corrected chi connectivity index (χ0v) is 19.0. The lowest BCUT2D eigenvalue weighted by atomic mass is 9.87. The smallest absolute Gasteiger partial charge is 0.246 e. The second kappa shape index (κ2) is 9.35. The molecule has 0 N–H and O–H groups in total. The predicted octanol–water partition coefficient (Wildman–Crippen LogP) is 4.80. The van der Waals surface area contributed by atoms with Crippen molar-refractivity contribution < 1.29 is 4.79 Å². The van der Waals surface area contributed by atoms with Gasteiger partial charge in [0.25, 0.3) is 0 Å². The van der Waals surface area contributed by atoms with Gasteiger partial charge in [0.1, 0.15) is 0 Å². The van der Waals surface area contributed by atoms with Crippen molar-refractivity contribution in [2.75, 3.05) is 31.1 Å². The number of hydrogen-bond acceptors (Lipinski definition) is 4. The first-order valence-electron chi connectivity index (χ1n) is 11.1. The number of carbonyl (C=O) groups is 1. The quantitative estimate of drug-likeness (QED) is 0.562. The first-order chi connectivity index (χ1) is 15.4. The molecule has 1 amide bonds. The van der Waals surface area contributed by atoms with Crippen LogP contribution in [0.15, 0.2) is 72.8 Å². The molecule has 0 unspecified atom stereocenters. The van der Waals surface area contributed by atoms with E-state index in [1.54, 1.807) is 6.08 Å². The van der Waals surface area contributed by atoms with Crippen molar-refractivity contribution in [3.63, 3.8) is 0 Å². The monoisotopic (exact) mass is 426 g/mol. The molecule has 1 aliphatic heterocycles. The van der Waals surface area contributed by atoms with Gasteiger partial charge in [-0.15, -0.1) is 10.2 Å². The highest BCUT2D eigenvalue weighted by Crippen LogP contribution is 2.23. The number of hydrogen-bond donors (Lipinski definition) is 0. The molecule has 0 radical (unpaired) electrons. The number of piperazine rings is 1. The van der Waals surface area contributed by atoms with E-state index in [0.29, 0.717) is 13.1 Å². The number of carbonyl (C=O) groups excluding carboxylic acids is 1. The van der Waals surface area contributed by atoms with Gasteiger partial charge in [-0.2, -0.15) is 0 Å². The van der Waals surface area contributed by atoms with Crippen LogP contribution in [0.5, 0.6) is 0 Å². The molecule has 0 spiro atoms. The van der Waals surface area contributed by atoms with Crippen molar-refractivity contribution in [1.82, 2.24) is 15.1 Å². The van der Waals surface area contributed by atoms with E-state index in [1.807, 2.05) is 53.4 Å². The Morgan fingerprint density at radius 2 is 1.53 bits per heavy atom. The Kier molecular flexibility index (Phi) is 6.35. The summed E-state index contributed by atoms with van der Waals surface area (Å²) in [7, 11) is 0. The van der Waals surface area contributed by atoms with Crippen LogP contribution in [0.4, 0.5) is 5.82 Å². The zero-order chi connectivity index (χ0) is 22.6. The largest absolute Gasteiger partial charge is 0.352 e. The van der Waals surface area contributed by atoms with Gasteiger partial charge in [0.2, 0.25) is 5.91 Å². The van der Waals surface area contributed by atoms with Crippen molar-refractivity contribution in [2.24, 2.45) is 0 Å². The summed E-state index contributed by atoms with van der Waals surface area (Å²) in [6.45, 7) is 9.44. The van der Waals surface area contributed by atoms with Crippen molar-refractivity contribution in [3.8, 4) is 11.3 Å². The zero-order valence-electron chi connectivity index (χ0n) is 19.0. The number of anilines is 1. The van der Waals surface area contributed by atoms with Gasteiger partial charge < -0.3 is 9.80 Å². The number of amides is 1. The van der Waals surface area contributed by atoms with Gasteiger partial charge in [-0.05, 0) is 34.8 Å². The van der Waals surface area contributed by atoms with Crippen LogP contribution in [0.2, 0.25) is 0 Å². The minimum atomic E-state index is 0.0510. The van der Waals surface area contributed by atoms with Crippen LogP contribution < -0.4 is 4.90 Å². The number of benzene rings is 2. The van der Waals surface area contributed by atoms with Gasteiger partial charge in [0.05, 0.1) is 5.69 Å². The molecule has 0 bridgehead atoms. The Labute approximate surface area is 190 Å². The van der Waals surface area contributed by atoms with Crippen LogP contribution in [-0.2, 0) is 10.2 Å². The second-order valence-electron chi connectivity index (χ2n) is 9.16. The average molecular weight is 427 g/mol. The average Bonchev–Trinajstić information content (AvgIpc) is 2.83. The standard InChI is InChI=1S/C27H30N4O/c1-27(2,3)23-12-9-21(10-13-23)11-16-26(32)31-19-17-30(18-20-31)25-15-14-24(28-29-25)22-7-5-4-6-8-22/h4-16H,17-20H2,1-3H3/b16-11+. The summed E-state index contributed by atoms with van der Waals surface area (Å²) >= 11 is 0. The Balaban J connectivity index is 1.31. The number of nitrogens with zero attached hydrogens (tertiary/aromatic N) is 4. The highest BCUT2D eigenvalue weighted by Gasteiger charge is 2.21. The van der Waals surface area contributed by atoms with Crippen molar-refractivity contribution >= 4 is 17.8 Å². The normalized spacial score (nSPS) is 14.7. The molecule has 1 aromatic heterocycles. The summed E-state index contributed by atoms with van der Waals surface area (Å²) in [5, 5.41) is 8.79. The maximum absolute atomic E-state index is 12.6. The fraction of sp³-hybridized carbons (Fsp3) is 0.296. The summed E-state index contributed by atoms with van der Waals surface area (Å²) < 4.78 is 0. The molecule has 164 valence electrons. The van der Waals surface area contributed by atoms with Crippen LogP contribution in [0.1, 0.15) is 31.9 Å². The summed E-state index contributed by atoms with van der Waals surface area (Å²) in [4.78, 5) is 16.7. The minimum Gasteiger partial charge on any atom is -0.352 e. The van der Waals surface area contributed by atoms with E-state index in [-0.39, 0.29) is 11.3 Å². The molecule has 32 heavy (non-hydrogen) atoms. The highest BCUT2D eigenvalue weighted by molar-refractivity contribution is 5.92. The highest BCUT2D eigenvalue weighted by atomic mass is 16.2. The molecule has 0 saturated carbocycles. The summed E-state index contributed by atoms with van der Waals surface area (Å²) in [6, 6.07) is 22.5. The van der Waals surface area contributed by atoms with Crippen LogP contribution in [0, 0.1) is 0 Å². The fourth-order valence-corrected chi connectivity index (χ4v) is 3.78. The van der Waals surface area contributed by atoms with Gasteiger partial charge in [-0.25, -0.2) is 0 Å². The van der Waals surface area contributed by atoms with E-state index < -0.39 is 0 Å². The lowest BCUT2D eigenvalue weighted by molar-refractivity contribution is -0.126. The van der Waals surface area contributed by atoms with E-state index in [4.69, 9.17) is 0 Å². The Morgan fingerprint density at radius 1 is 0.844 bits per heavy atom. The maximum Gasteiger partial charge on any atom is 0.246 e. The molecule has 0 atom stereocenters. The van der Waals surface area contributed by atoms with Crippen LogP contribution in [0.3, 0.4) is 0 Å². The molecule has 0 aliphatic carbocycles. The van der Waals surface area contributed by atoms with Gasteiger partial charge in [-0.1, -0.05) is 75.4 Å². The second-order valence-corrected chi connectivity index (χ2v) is 9.16. The molecule has 5 heteroatoms. The molecule has 2 aromatic carbocycles. The molecule has 1 saturated heterocycles. The van der Waals surface area contributed by atoms with Crippen molar-refractivity contribution in [3.05, 3.63) is 83.9 Å². The molecule has 2 heterocycles. The third kappa shape index (κ3) is 5.22. The summed E-state index contributed by atoms with van der Waals surface area (Å²) in [5.74, 6) is 0.904. The van der Waals surface area contributed by atoms with Gasteiger partial charge in [0.15, 0.2) is 5.82 Å². The molecule has 1 aliphatic rings. The number of rotatable bonds is 4. The van der Waals surface area contributed by atoms with E-state index in [0.717, 1.165) is 35.7 Å². The van der Waals surface area contributed by atoms with Crippen LogP contribution >= 0.6 is 0 Å². The lowest BCUT2D eigenvalue weighted by Crippen LogP contribution is -2.48. The van der Waals surface area contributed by atoms with E-state index in [9.17, 15) is 4.79 Å². The first kappa shape index (κ1) is 21.8. The number of aromatic nitrogens is 2. The fourth-order valence-electron chi connectivity index (χ4n) is 3.78. The lowest BCUT2D eigenvalue weighted by Gasteiger charge is -2.34. The van der Waals surface area contributed by atoms with E-state index in [1.165, 1.54) is 5.56 Å². The Hall–Kier alpha value is -3.47. The van der Waals surface area contributed by atoms with E-state index >= 15 is 0 Å². The first-order valence-corrected chi connectivity index (χ1v) is 11.1. The molecular weight excluding hydrogens is 396 g/mol. The molecule has 1 fully saturated rings. The molecular formula is C27H30N4O. The third-order valence-electron chi connectivity index (χ3n) is 5.83. The van der Waals surface area contributed by atoms with Gasteiger partial charge in [0, 0.05) is 37.8 Å². The third-order valence-corrected chi connectivity index (χ3v) is 5.83. The molecule has 3 aromatic rings. The summed E-state index contributed by atoms with van der Waals surface area (Å²) in [6.07, 6.45) is 3.57.